The Hall–Kier alpha value is -1.51. The lowest BCUT2D eigenvalue weighted by Crippen LogP contribution is -2.43. The van der Waals surface area contributed by atoms with E-state index in [1.165, 1.54) is 0 Å². The Morgan fingerprint density at radius 3 is 2.20 bits per heavy atom. The van der Waals surface area contributed by atoms with Crippen molar-refractivity contribution in [2.75, 3.05) is 5.73 Å². The van der Waals surface area contributed by atoms with Crippen LogP contribution in [0.1, 0.15) is 31.2 Å². The highest BCUT2D eigenvalue weighted by Crippen LogP contribution is 2.40. The van der Waals surface area contributed by atoms with Gasteiger partial charge in [0.05, 0.1) is 5.97 Å². The van der Waals surface area contributed by atoms with Gasteiger partial charge in [-0.1, -0.05) is 25.0 Å². The lowest BCUT2D eigenvalue weighted by molar-refractivity contribution is -0.313. The summed E-state index contributed by atoms with van der Waals surface area (Å²) in [7, 11) is 0. The van der Waals surface area contributed by atoms with Crippen LogP contribution in [0.25, 0.3) is 0 Å². The molecule has 0 aliphatic heterocycles. The molecule has 1 aliphatic carbocycles. The molecule has 15 heavy (non-hydrogen) atoms. The van der Waals surface area contributed by atoms with E-state index >= 15 is 0 Å². The van der Waals surface area contributed by atoms with Crippen LogP contribution in [0, 0.1) is 0 Å². The van der Waals surface area contributed by atoms with Crippen molar-refractivity contribution in [3.05, 3.63) is 29.8 Å². The van der Waals surface area contributed by atoms with Gasteiger partial charge in [-0.15, -0.1) is 0 Å². The number of hydrogen-bond acceptors (Lipinski definition) is 3. The van der Waals surface area contributed by atoms with Gasteiger partial charge in [-0.2, -0.15) is 0 Å². The molecule has 0 atom stereocenters. The van der Waals surface area contributed by atoms with Crippen molar-refractivity contribution in [1.29, 1.82) is 0 Å². The first kappa shape index (κ1) is 10.0. The van der Waals surface area contributed by atoms with Gasteiger partial charge in [0, 0.05) is 11.1 Å². The number of benzene rings is 1. The zero-order valence-electron chi connectivity index (χ0n) is 8.53. The Morgan fingerprint density at radius 2 is 1.73 bits per heavy atom. The smallest absolute Gasteiger partial charge is 0.0520 e. The molecule has 0 spiro atoms. The number of carbonyl (C=O) groups is 1. The molecule has 1 saturated carbocycles. The molecule has 0 aromatic heterocycles. The first-order chi connectivity index (χ1) is 7.15. The number of anilines is 1. The summed E-state index contributed by atoms with van der Waals surface area (Å²) in [5.74, 6) is -0.954. The van der Waals surface area contributed by atoms with Gasteiger partial charge >= 0.3 is 0 Å². The lowest BCUT2D eigenvalue weighted by atomic mass is 9.79. The molecular formula is C12H14NO2-. The minimum absolute atomic E-state index is 0.658. The van der Waals surface area contributed by atoms with Crippen LogP contribution in [-0.2, 0) is 10.2 Å². The Bertz CT molecular complexity index is 364. The zero-order chi connectivity index (χ0) is 10.9. The molecule has 3 heteroatoms. The summed E-state index contributed by atoms with van der Waals surface area (Å²) in [5, 5.41) is 11.3. The number of hydrogen-bond donors (Lipinski definition) is 1. The van der Waals surface area contributed by atoms with Crippen LogP contribution in [0.2, 0.25) is 0 Å². The van der Waals surface area contributed by atoms with E-state index in [9.17, 15) is 9.90 Å². The number of carboxylic acid groups (broad SMARTS) is 1. The van der Waals surface area contributed by atoms with Gasteiger partial charge < -0.3 is 15.6 Å². The number of carbonyl (C=O) groups excluding carboxylic acids is 1. The summed E-state index contributed by atoms with van der Waals surface area (Å²) in [6.45, 7) is 0. The van der Waals surface area contributed by atoms with Gasteiger partial charge in [0.25, 0.3) is 0 Å². The molecule has 2 N–H and O–H groups in total. The Balaban J connectivity index is 2.41. The van der Waals surface area contributed by atoms with Crippen molar-refractivity contribution in [3.63, 3.8) is 0 Å². The summed E-state index contributed by atoms with van der Waals surface area (Å²) < 4.78 is 0. The van der Waals surface area contributed by atoms with Crippen molar-refractivity contribution in [1.82, 2.24) is 0 Å². The van der Waals surface area contributed by atoms with Crippen LogP contribution in [-0.4, -0.2) is 5.97 Å². The van der Waals surface area contributed by atoms with E-state index in [2.05, 4.69) is 0 Å². The first-order valence-electron chi connectivity index (χ1n) is 5.23. The molecule has 0 amide bonds. The normalized spacial score (nSPS) is 18.9. The topological polar surface area (TPSA) is 66.2 Å². The molecular weight excluding hydrogens is 190 g/mol. The Morgan fingerprint density at radius 1 is 1.20 bits per heavy atom. The highest BCUT2D eigenvalue weighted by Gasteiger charge is 2.36. The van der Waals surface area contributed by atoms with Crippen LogP contribution in [0.5, 0.6) is 0 Å². The summed E-state index contributed by atoms with van der Waals surface area (Å²) in [5.41, 5.74) is 6.30. The minimum Gasteiger partial charge on any atom is -0.549 e. The highest BCUT2D eigenvalue weighted by molar-refractivity contribution is 5.80. The second-order valence-electron chi connectivity index (χ2n) is 4.20. The number of carboxylic acids is 1. The van der Waals surface area contributed by atoms with Crippen LogP contribution in [0.15, 0.2) is 24.3 Å². The third kappa shape index (κ3) is 1.58. The molecule has 1 aliphatic rings. The van der Waals surface area contributed by atoms with E-state index in [1.54, 1.807) is 24.3 Å². The van der Waals surface area contributed by atoms with E-state index in [0.717, 1.165) is 18.4 Å². The average Bonchev–Trinajstić information content (AvgIpc) is 2.69. The van der Waals surface area contributed by atoms with Gasteiger partial charge in [-0.25, -0.2) is 0 Å². The minimum atomic E-state index is -0.954. The zero-order valence-corrected chi connectivity index (χ0v) is 8.53. The van der Waals surface area contributed by atoms with Crippen molar-refractivity contribution in [2.45, 2.75) is 31.1 Å². The molecule has 3 nitrogen and oxygen atoms in total. The van der Waals surface area contributed by atoms with Crippen molar-refractivity contribution < 1.29 is 9.90 Å². The molecule has 2 rings (SSSR count). The molecule has 0 bridgehead atoms. The van der Waals surface area contributed by atoms with Crippen molar-refractivity contribution >= 4 is 11.7 Å². The molecule has 0 unspecified atom stereocenters. The fourth-order valence-corrected chi connectivity index (χ4v) is 2.39. The van der Waals surface area contributed by atoms with Gasteiger partial charge in [0.1, 0.15) is 0 Å². The third-order valence-electron chi connectivity index (χ3n) is 3.31. The van der Waals surface area contributed by atoms with Gasteiger partial charge in [0.15, 0.2) is 0 Å². The van der Waals surface area contributed by atoms with E-state index in [1.807, 2.05) is 0 Å². The summed E-state index contributed by atoms with van der Waals surface area (Å²) in [6, 6.07) is 7.10. The maximum Gasteiger partial charge on any atom is 0.0520 e. The number of aliphatic carboxylic acids is 1. The van der Waals surface area contributed by atoms with E-state index in [0.29, 0.717) is 18.5 Å². The van der Waals surface area contributed by atoms with E-state index in [-0.39, 0.29) is 0 Å². The second-order valence-corrected chi connectivity index (χ2v) is 4.20. The van der Waals surface area contributed by atoms with Gasteiger partial charge in [0.2, 0.25) is 0 Å². The Labute approximate surface area is 88.9 Å². The average molecular weight is 204 g/mol. The monoisotopic (exact) mass is 204 g/mol. The largest absolute Gasteiger partial charge is 0.549 e. The molecule has 1 aromatic carbocycles. The van der Waals surface area contributed by atoms with Crippen molar-refractivity contribution in [2.24, 2.45) is 0 Å². The SMILES string of the molecule is Nc1ccc(C2(C(=O)[O-])CCCC2)cc1. The summed E-state index contributed by atoms with van der Waals surface area (Å²) in [4.78, 5) is 11.3. The fourth-order valence-electron chi connectivity index (χ4n) is 2.39. The molecule has 80 valence electrons. The van der Waals surface area contributed by atoms with Crippen molar-refractivity contribution in [3.8, 4) is 0 Å². The lowest BCUT2D eigenvalue weighted by Gasteiger charge is -2.30. The summed E-state index contributed by atoms with van der Waals surface area (Å²) >= 11 is 0. The third-order valence-corrected chi connectivity index (χ3v) is 3.31. The maximum absolute atomic E-state index is 11.3. The first-order valence-corrected chi connectivity index (χ1v) is 5.23. The van der Waals surface area contributed by atoms with Crippen LogP contribution < -0.4 is 10.8 Å². The highest BCUT2D eigenvalue weighted by atomic mass is 16.4. The maximum atomic E-state index is 11.3. The molecule has 0 saturated heterocycles. The fraction of sp³-hybridized carbons (Fsp3) is 0.417. The van der Waals surface area contributed by atoms with Crippen LogP contribution in [0.3, 0.4) is 0 Å². The quantitative estimate of drug-likeness (QED) is 0.725. The van der Waals surface area contributed by atoms with E-state index in [4.69, 9.17) is 5.73 Å². The van der Waals surface area contributed by atoms with Crippen LogP contribution in [0.4, 0.5) is 5.69 Å². The standard InChI is InChI=1S/C12H15NO2/c13-10-5-3-9(4-6-10)12(11(14)15)7-1-2-8-12/h3-6H,1-2,7-8,13H2,(H,14,15)/p-1. The van der Waals surface area contributed by atoms with Gasteiger partial charge in [-0.3, -0.25) is 0 Å². The predicted octanol–water partition coefficient (Wildman–Crippen LogP) is 0.830. The van der Waals surface area contributed by atoms with E-state index < -0.39 is 11.4 Å². The summed E-state index contributed by atoms with van der Waals surface area (Å²) in [6.07, 6.45) is 3.27. The van der Waals surface area contributed by atoms with Crippen LogP contribution >= 0.6 is 0 Å². The molecule has 0 radical (unpaired) electrons. The molecule has 0 heterocycles. The predicted molar refractivity (Wildman–Crippen MR) is 56.0 cm³/mol. The number of nitrogen functional groups attached to an aromatic ring is 1. The number of nitrogens with two attached hydrogens (primary N) is 1. The Kier molecular flexibility index (Phi) is 2.39. The molecule has 1 aromatic rings. The number of rotatable bonds is 2. The second kappa shape index (κ2) is 3.57. The molecule has 1 fully saturated rings. The van der Waals surface area contributed by atoms with Gasteiger partial charge in [-0.05, 0) is 30.5 Å².